The van der Waals surface area contributed by atoms with Gasteiger partial charge < -0.3 is 10.2 Å². The van der Waals surface area contributed by atoms with Crippen LogP contribution in [0.4, 0.5) is 5.82 Å². The largest absolute Gasteiger partial charge is 0.354 e. The third kappa shape index (κ3) is 3.50. The van der Waals surface area contributed by atoms with Crippen molar-refractivity contribution in [2.45, 2.75) is 32.6 Å². The number of hydrogen-bond acceptors (Lipinski definition) is 4. The molecule has 0 unspecified atom stereocenters. The first kappa shape index (κ1) is 16.5. The Bertz CT molecular complexity index is 419. The Hall–Kier alpha value is -0.580. The maximum atomic E-state index is 4.70. The number of aryl methyl sites for hydroxylation is 2. The smallest absolute Gasteiger partial charge is 0.135 e. The van der Waals surface area contributed by atoms with E-state index in [1.54, 1.807) is 0 Å². The van der Waals surface area contributed by atoms with Crippen LogP contribution < -0.4 is 10.2 Å². The molecule has 1 N–H and O–H groups in total. The minimum absolute atomic E-state index is 0. The van der Waals surface area contributed by atoms with Gasteiger partial charge in [-0.25, -0.2) is 9.97 Å². The van der Waals surface area contributed by atoms with Crippen molar-refractivity contribution in [3.05, 3.63) is 17.1 Å². The SMILES string of the molecule is Cc1nc2c(c(N3CCNCC3)n1)CCCC2.Cl.Cl. The fourth-order valence-corrected chi connectivity index (χ4v) is 2.83. The van der Waals surface area contributed by atoms with Crippen molar-refractivity contribution in [2.24, 2.45) is 0 Å². The van der Waals surface area contributed by atoms with Gasteiger partial charge in [-0.1, -0.05) is 0 Å². The highest BCUT2D eigenvalue weighted by molar-refractivity contribution is 5.85. The predicted octanol–water partition coefficient (Wildman–Crippen LogP) is 1.92. The molecule has 0 atom stereocenters. The molecule has 1 saturated heterocycles. The van der Waals surface area contributed by atoms with Crippen LogP contribution in [0.15, 0.2) is 0 Å². The van der Waals surface area contributed by atoms with E-state index in [0.717, 1.165) is 44.8 Å². The summed E-state index contributed by atoms with van der Waals surface area (Å²) in [4.78, 5) is 11.7. The molecule has 1 aliphatic heterocycles. The number of nitrogens with one attached hydrogen (secondary N) is 1. The summed E-state index contributed by atoms with van der Waals surface area (Å²) in [5.41, 5.74) is 2.72. The van der Waals surface area contributed by atoms with Crippen LogP contribution in [0.1, 0.15) is 29.9 Å². The van der Waals surface area contributed by atoms with Crippen molar-refractivity contribution in [2.75, 3.05) is 31.1 Å². The van der Waals surface area contributed by atoms with Gasteiger partial charge in [0.15, 0.2) is 0 Å². The Morgan fingerprint density at radius 2 is 1.68 bits per heavy atom. The maximum Gasteiger partial charge on any atom is 0.135 e. The average Bonchev–Trinajstić information content (AvgIpc) is 2.39. The molecule has 1 aromatic rings. The number of anilines is 1. The van der Waals surface area contributed by atoms with E-state index < -0.39 is 0 Å². The molecule has 0 spiro atoms. The molecule has 3 rings (SSSR count). The Morgan fingerprint density at radius 1 is 1.00 bits per heavy atom. The van der Waals surface area contributed by atoms with Gasteiger partial charge in [0.2, 0.25) is 0 Å². The van der Waals surface area contributed by atoms with Gasteiger partial charge in [0.05, 0.1) is 0 Å². The summed E-state index contributed by atoms with van der Waals surface area (Å²) in [5, 5.41) is 3.39. The number of rotatable bonds is 1. The van der Waals surface area contributed by atoms with E-state index in [-0.39, 0.29) is 24.8 Å². The Labute approximate surface area is 127 Å². The van der Waals surface area contributed by atoms with E-state index in [2.05, 4.69) is 15.2 Å². The highest BCUT2D eigenvalue weighted by atomic mass is 35.5. The standard InChI is InChI=1S/C13H20N4.2ClH/c1-10-15-12-5-3-2-4-11(12)13(16-10)17-8-6-14-7-9-17;;/h14H,2-9H2,1H3;2*1H. The van der Waals surface area contributed by atoms with Gasteiger partial charge >= 0.3 is 0 Å². The summed E-state index contributed by atoms with van der Waals surface area (Å²) in [6.07, 6.45) is 4.87. The van der Waals surface area contributed by atoms with E-state index in [0.29, 0.717) is 0 Å². The Kier molecular flexibility index (Phi) is 6.30. The lowest BCUT2D eigenvalue weighted by Gasteiger charge is -2.31. The molecule has 0 bridgehead atoms. The van der Waals surface area contributed by atoms with Gasteiger partial charge in [0, 0.05) is 37.4 Å². The van der Waals surface area contributed by atoms with Gasteiger partial charge in [0.1, 0.15) is 11.6 Å². The molecule has 0 saturated carbocycles. The van der Waals surface area contributed by atoms with Gasteiger partial charge in [-0.05, 0) is 32.6 Å². The van der Waals surface area contributed by atoms with Crippen molar-refractivity contribution in [3.8, 4) is 0 Å². The normalized spacial score (nSPS) is 18.1. The van der Waals surface area contributed by atoms with Crippen LogP contribution >= 0.6 is 24.8 Å². The molecule has 1 aliphatic carbocycles. The third-order valence-corrected chi connectivity index (χ3v) is 3.69. The zero-order valence-electron chi connectivity index (χ0n) is 11.3. The topological polar surface area (TPSA) is 41.1 Å². The first-order valence-corrected chi connectivity index (χ1v) is 6.66. The molecule has 0 radical (unpaired) electrons. The first-order chi connectivity index (χ1) is 8.34. The molecule has 2 heterocycles. The molecule has 0 amide bonds. The number of piperazine rings is 1. The molecule has 6 heteroatoms. The second-order valence-electron chi connectivity index (χ2n) is 4.96. The van der Waals surface area contributed by atoms with E-state index in [1.165, 1.54) is 29.9 Å². The van der Waals surface area contributed by atoms with Gasteiger partial charge in [0.25, 0.3) is 0 Å². The van der Waals surface area contributed by atoms with Crippen LogP contribution in [-0.4, -0.2) is 36.1 Å². The molecule has 4 nitrogen and oxygen atoms in total. The molecular formula is C13H22Cl2N4. The molecule has 2 aliphatic rings. The maximum absolute atomic E-state index is 4.70. The van der Waals surface area contributed by atoms with Crippen molar-refractivity contribution < 1.29 is 0 Å². The fourth-order valence-electron chi connectivity index (χ4n) is 2.83. The summed E-state index contributed by atoms with van der Waals surface area (Å²) >= 11 is 0. The number of aromatic nitrogens is 2. The molecule has 1 fully saturated rings. The van der Waals surface area contributed by atoms with Crippen LogP contribution in [-0.2, 0) is 12.8 Å². The highest BCUT2D eigenvalue weighted by Gasteiger charge is 2.21. The first-order valence-electron chi connectivity index (χ1n) is 6.66. The van der Waals surface area contributed by atoms with E-state index in [1.807, 2.05) is 6.92 Å². The Morgan fingerprint density at radius 3 is 2.42 bits per heavy atom. The van der Waals surface area contributed by atoms with Crippen molar-refractivity contribution in [3.63, 3.8) is 0 Å². The van der Waals surface area contributed by atoms with E-state index in [4.69, 9.17) is 4.98 Å². The predicted molar refractivity (Wildman–Crippen MR) is 83.0 cm³/mol. The average molecular weight is 305 g/mol. The number of nitrogens with zero attached hydrogens (tertiary/aromatic N) is 3. The van der Waals surface area contributed by atoms with Crippen molar-refractivity contribution >= 4 is 30.6 Å². The van der Waals surface area contributed by atoms with E-state index >= 15 is 0 Å². The Balaban J connectivity index is 0.000000902. The molecule has 19 heavy (non-hydrogen) atoms. The fraction of sp³-hybridized carbons (Fsp3) is 0.692. The molecule has 108 valence electrons. The minimum Gasteiger partial charge on any atom is -0.354 e. The summed E-state index contributed by atoms with van der Waals surface area (Å²) in [6.45, 7) is 6.29. The number of halogens is 2. The van der Waals surface area contributed by atoms with Crippen LogP contribution in [0.25, 0.3) is 0 Å². The van der Waals surface area contributed by atoms with Gasteiger partial charge in [-0.3, -0.25) is 0 Å². The molecular weight excluding hydrogens is 283 g/mol. The van der Waals surface area contributed by atoms with Crippen molar-refractivity contribution in [1.82, 2.24) is 15.3 Å². The van der Waals surface area contributed by atoms with Crippen molar-refractivity contribution in [1.29, 1.82) is 0 Å². The second-order valence-corrected chi connectivity index (χ2v) is 4.96. The lowest BCUT2D eigenvalue weighted by Crippen LogP contribution is -2.44. The quantitative estimate of drug-likeness (QED) is 0.860. The molecule has 1 aromatic heterocycles. The zero-order valence-corrected chi connectivity index (χ0v) is 12.9. The van der Waals surface area contributed by atoms with Crippen LogP contribution in [0, 0.1) is 6.92 Å². The number of hydrogen-bond donors (Lipinski definition) is 1. The lowest BCUT2D eigenvalue weighted by molar-refractivity contribution is 0.575. The van der Waals surface area contributed by atoms with Gasteiger partial charge in [-0.15, -0.1) is 24.8 Å². The summed E-state index contributed by atoms with van der Waals surface area (Å²) in [6, 6.07) is 0. The number of fused-ring (bicyclic) bond motifs is 1. The van der Waals surface area contributed by atoms with Crippen LogP contribution in [0.5, 0.6) is 0 Å². The van der Waals surface area contributed by atoms with Crippen LogP contribution in [0.2, 0.25) is 0 Å². The zero-order chi connectivity index (χ0) is 11.7. The molecule has 0 aromatic carbocycles. The van der Waals surface area contributed by atoms with Gasteiger partial charge in [-0.2, -0.15) is 0 Å². The minimum atomic E-state index is 0. The summed E-state index contributed by atoms with van der Waals surface area (Å²) in [5.74, 6) is 2.15. The highest BCUT2D eigenvalue weighted by Crippen LogP contribution is 2.28. The second kappa shape index (κ2) is 7.27. The third-order valence-electron chi connectivity index (χ3n) is 3.69. The summed E-state index contributed by atoms with van der Waals surface area (Å²) in [7, 11) is 0. The van der Waals surface area contributed by atoms with Crippen LogP contribution in [0.3, 0.4) is 0 Å². The lowest BCUT2D eigenvalue weighted by atomic mass is 9.96. The summed E-state index contributed by atoms with van der Waals surface area (Å²) < 4.78 is 0. The van der Waals surface area contributed by atoms with E-state index in [9.17, 15) is 0 Å². The monoisotopic (exact) mass is 304 g/mol.